The van der Waals surface area contributed by atoms with Crippen LogP contribution in [-0.2, 0) is 0 Å². The van der Waals surface area contributed by atoms with Gasteiger partial charge in [-0.15, -0.1) is 0 Å². The fourth-order valence-electron chi connectivity index (χ4n) is 1.72. The molecule has 2 aromatic rings. The number of rotatable bonds is 3. The van der Waals surface area contributed by atoms with Crippen LogP contribution in [0.25, 0.3) is 0 Å². The van der Waals surface area contributed by atoms with Crippen LogP contribution in [0.15, 0.2) is 42.5 Å². The van der Waals surface area contributed by atoms with E-state index in [9.17, 15) is 9.50 Å². The highest BCUT2D eigenvalue weighted by Gasteiger charge is 2.17. The van der Waals surface area contributed by atoms with Crippen LogP contribution in [0, 0.1) is 5.82 Å². The van der Waals surface area contributed by atoms with E-state index < -0.39 is 11.9 Å². The predicted molar refractivity (Wildman–Crippen MR) is 68.5 cm³/mol. The number of hydrogen-bond donors (Lipinski definition) is 1. The average molecular weight is 267 g/mol. The number of methoxy groups -OCH3 is 1. The first-order valence-corrected chi connectivity index (χ1v) is 5.77. The standard InChI is InChI=1S/C14H12ClFO2/c1-18-10-5-2-4-9(8-10)14(17)11-6-3-7-12(15)13(11)16/h2-8,14,17H,1H3. The van der Waals surface area contributed by atoms with E-state index in [0.29, 0.717) is 11.3 Å². The fraction of sp³-hybridized carbons (Fsp3) is 0.143. The Hall–Kier alpha value is -1.58. The zero-order valence-corrected chi connectivity index (χ0v) is 10.5. The van der Waals surface area contributed by atoms with Gasteiger partial charge in [-0.3, -0.25) is 0 Å². The maximum Gasteiger partial charge on any atom is 0.147 e. The average Bonchev–Trinajstić information content (AvgIpc) is 2.41. The Labute approximate surface area is 110 Å². The second-order valence-corrected chi connectivity index (χ2v) is 4.23. The van der Waals surface area contributed by atoms with Crippen molar-refractivity contribution in [3.8, 4) is 5.75 Å². The molecule has 0 fully saturated rings. The molecule has 18 heavy (non-hydrogen) atoms. The van der Waals surface area contributed by atoms with E-state index in [-0.39, 0.29) is 10.6 Å². The minimum atomic E-state index is -1.07. The molecule has 0 saturated heterocycles. The highest BCUT2D eigenvalue weighted by molar-refractivity contribution is 6.30. The summed E-state index contributed by atoms with van der Waals surface area (Å²) in [6.07, 6.45) is -1.07. The van der Waals surface area contributed by atoms with Crippen LogP contribution in [0.1, 0.15) is 17.2 Å². The van der Waals surface area contributed by atoms with Crippen molar-refractivity contribution >= 4 is 11.6 Å². The number of halogens is 2. The zero-order chi connectivity index (χ0) is 13.1. The summed E-state index contributed by atoms with van der Waals surface area (Å²) in [7, 11) is 1.53. The van der Waals surface area contributed by atoms with Crippen molar-refractivity contribution in [2.24, 2.45) is 0 Å². The minimum Gasteiger partial charge on any atom is -0.497 e. The molecule has 0 aliphatic heterocycles. The van der Waals surface area contributed by atoms with Crippen molar-refractivity contribution in [1.29, 1.82) is 0 Å². The smallest absolute Gasteiger partial charge is 0.147 e. The molecule has 0 radical (unpaired) electrons. The van der Waals surface area contributed by atoms with Crippen LogP contribution in [-0.4, -0.2) is 12.2 Å². The Morgan fingerprint density at radius 2 is 1.94 bits per heavy atom. The van der Waals surface area contributed by atoms with Gasteiger partial charge in [0, 0.05) is 5.56 Å². The molecule has 2 nitrogen and oxygen atoms in total. The van der Waals surface area contributed by atoms with E-state index in [1.807, 2.05) is 0 Å². The topological polar surface area (TPSA) is 29.5 Å². The molecule has 1 unspecified atom stereocenters. The number of aliphatic hydroxyl groups excluding tert-OH is 1. The first kappa shape index (κ1) is 12.9. The Balaban J connectivity index is 2.41. The minimum absolute atomic E-state index is 0.00514. The molecular formula is C14H12ClFO2. The molecule has 2 rings (SSSR count). The quantitative estimate of drug-likeness (QED) is 0.920. The predicted octanol–water partition coefficient (Wildman–Crippen LogP) is 3.57. The number of ether oxygens (including phenoxy) is 1. The number of benzene rings is 2. The van der Waals surface area contributed by atoms with Gasteiger partial charge in [-0.05, 0) is 23.8 Å². The van der Waals surface area contributed by atoms with Gasteiger partial charge in [0.05, 0.1) is 12.1 Å². The van der Waals surface area contributed by atoms with E-state index >= 15 is 0 Å². The molecule has 1 N–H and O–H groups in total. The molecule has 0 bridgehead atoms. The SMILES string of the molecule is COc1cccc(C(O)c2cccc(Cl)c2F)c1. The Morgan fingerprint density at radius 1 is 1.22 bits per heavy atom. The monoisotopic (exact) mass is 266 g/mol. The molecule has 0 aromatic heterocycles. The normalized spacial score (nSPS) is 12.2. The summed E-state index contributed by atoms with van der Waals surface area (Å²) in [5.74, 6) is 0.00322. The van der Waals surface area contributed by atoms with Crippen molar-refractivity contribution in [2.45, 2.75) is 6.10 Å². The largest absolute Gasteiger partial charge is 0.497 e. The molecule has 4 heteroatoms. The van der Waals surface area contributed by atoms with Crippen LogP contribution >= 0.6 is 11.6 Å². The molecule has 0 spiro atoms. The third-order valence-corrected chi connectivity index (χ3v) is 2.98. The summed E-state index contributed by atoms with van der Waals surface area (Å²) >= 11 is 5.69. The van der Waals surface area contributed by atoms with Crippen molar-refractivity contribution in [1.82, 2.24) is 0 Å². The molecule has 0 aliphatic rings. The van der Waals surface area contributed by atoms with Crippen molar-refractivity contribution < 1.29 is 14.2 Å². The Morgan fingerprint density at radius 3 is 2.67 bits per heavy atom. The van der Waals surface area contributed by atoms with Gasteiger partial charge in [-0.1, -0.05) is 35.9 Å². The van der Waals surface area contributed by atoms with E-state index in [4.69, 9.17) is 16.3 Å². The van der Waals surface area contributed by atoms with Gasteiger partial charge < -0.3 is 9.84 Å². The maximum absolute atomic E-state index is 13.8. The van der Waals surface area contributed by atoms with Gasteiger partial charge in [0.2, 0.25) is 0 Å². The van der Waals surface area contributed by atoms with Crippen LogP contribution in [0.4, 0.5) is 4.39 Å². The number of aliphatic hydroxyl groups is 1. The van der Waals surface area contributed by atoms with E-state index in [0.717, 1.165) is 0 Å². The van der Waals surface area contributed by atoms with Gasteiger partial charge in [0.1, 0.15) is 17.7 Å². The molecular weight excluding hydrogens is 255 g/mol. The lowest BCUT2D eigenvalue weighted by Gasteiger charge is -2.13. The Kier molecular flexibility index (Phi) is 3.84. The van der Waals surface area contributed by atoms with Crippen molar-refractivity contribution in [3.63, 3.8) is 0 Å². The fourth-order valence-corrected chi connectivity index (χ4v) is 1.90. The first-order valence-electron chi connectivity index (χ1n) is 5.39. The number of hydrogen-bond acceptors (Lipinski definition) is 2. The third kappa shape index (κ3) is 2.47. The lowest BCUT2D eigenvalue weighted by Crippen LogP contribution is -2.03. The van der Waals surface area contributed by atoms with E-state index in [2.05, 4.69) is 0 Å². The summed E-state index contributed by atoms with van der Waals surface area (Å²) in [5, 5.41) is 10.2. The first-order chi connectivity index (χ1) is 8.63. The highest BCUT2D eigenvalue weighted by atomic mass is 35.5. The second kappa shape index (κ2) is 5.38. The Bertz CT molecular complexity index is 557. The van der Waals surface area contributed by atoms with E-state index in [1.54, 1.807) is 30.3 Å². The van der Waals surface area contributed by atoms with Crippen molar-refractivity contribution in [3.05, 3.63) is 64.4 Å². The van der Waals surface area contributed by atoms with Crippen LogP contribution in [0.2, 0.25) is 5.02 Å². The summed E-state index contributed by atoms with van der Waals surface area (Å²) in [6, 6.07) is 11.4. The highest BCUT2D eigenvalue weighted by Crippen LogP contribution is 2.29. The summed E-state index contributed by atoms with van der Waals surface area (Å²) in [6.45, 7) is 0. The third-order valence-electron chi connectivity index (χ3n) is 2.69. The van der Waals surface area contributed by atoms with Crippen LogP contribution < -0.4 is 4.74 Å². The van der Waals surface area contributed by atoms with Crippen LogP contribution in [0.5, 0.6) is 5.75 Å². The van der Waals surface area contributed by atoms with Gasteiger partial charge >= 0.3 is 0 Å². The van der Waals surface area contributed by atoms with Crippen molar-refractivity contribution in [2.75, 3.05) is 7.11 Å². The van der Waals surface area contributed by atoms with Gasteiger partial charge in [0.15, 0.2) is 0 Å². The lowest BCUT2D eigenvalue weighted by molar-refractivity contribution is 0.214. The summed E-state index contributed by atoms with van der Waals surface area (Å²) in [5.41, 5.74) is 0.700. The summed E-state index contributed by atoms with van der Waals surface area (Å²) in [4.78, 5) is 0. The molecule has 94 valence electrons. The van der Waals surface area contributed by atoms with Gasteiger partial charge in [0.25, 0.3) is 0 Å². The summed E-state index contributed by atoms with van der Waals surface area (Å²) < 4.78 is 18.9. The molecule has 2 aromatic carbocycles. The second-order valence-electron chi connectivity index (χ2n) is 3.82. The molecule has 0 heterocycles. The van der Waals surface area contributed by atoms with Crippen LogP contribution in [0.3, 0.4) is 0 Å². The molecule has 0 saturated carbocycles. The maximum atomic E-state index is 13.8. The molecule has 1 atom stereocenters. The van der Waals surface area contributed by atoms with E-state index in [1.165, 1.54) is 19.2 Å². The zero-order valence-electron chi connectivity index (χ0n) is 9.73. The molecule has 0 amide bonds. The van der Waals surface area contributed by atoms with Gasteiger partial charge in [-0.2, -0.15) is 0 Å². The lowest BCUT2D eigenvalue weighted by atomic mass is 10.0. The van der Waals surface area contributed by atoms with Gasteiger partial charge in [-0.25, -0.2) is 4.39 Å². The molecule has 0 aliphatic carbocycles.